The van der Waals surface area contributed by atoms with Crippen molar-refractivity contribution in [1.82, 2.24) is 20.2 Å². The Morgan fingerprint density at radius 1 is 1.21 bits per heavy atom. The van der Waals surface area contributed by atoms with Crippen molar-refractivity contribution in [3.63, 3.8) is 0 Å². The first-order chi connectivity index (χ1) is 11.7. The Kier molecular flexibility index (Phi) is 3.62. The fourth-order valence-electron chi connectivity index (χ4n) is 2.78. The van der Waals surface area contributed by atoms with Crippen LogP contribution in [0.1, 0.15) is 10.5 Å². The molecule has 1 aliphatic heterocycles. The number of anilines is 1. The third-order valence-electron chi connectivity index (χ3n) is 4.04. The van der Waals surface area contributed by atoms with E-state index in [2.05, 4.69) is 15.3 Å². The van der Waals surface area contributed by atoms with Gasteiger partial charge in [-0.25, -0.2) is 4.98 Å². The van der Waals surface area contributed by atoms with Crippen LogP contribution < -0.4 is 11.1 Å². The van der Waals surface area contributed by atoms with Crippen LogP contribution in [0.2, 0.25) is 0 Å². The Hall–Kier alpha value is -2.93. The number of rotatable bonds is 2. The molecule has 4 rings (SSSR count). The monoisotopic (exact) mass is 323 g/mol. The molecule has 3 heterocycles. The number of nitrogens with one attached hydrogen (secondary N) is 1. The summed E-state index contributed by atoms with van der Waals surface area (Å²) in [5.74, 6) is 0.381. The molecule has 1 aromatic carbocycles. The number of fused-ring (bicyclic) bond motifs is 1. The second kappa shape index (κ2) is 5.93. The maximum Gasteiger partial charge on any atom is 0.272 e. The second-order valence-corrected chi connectivity index (χ2v) is 5.72. The van der Waals surface area contributed by atoms with E-state index in [0.29, 0.717) is 41.5 Å². The third kappa shape index (κ3) is 2.69. The summed E-state index contributed by atoms with van der Waals surface area (Å²) in [6.07, 6.45) is 1.61. The number of nitrogen functional groups attached to an aromatic ring is 1. The topological polar surface area (TPSA) is 97.3 Å². The van der Waals surface area contributed by atoms with Gasteiger partial charge in [0.15, 0.2) is 5.58 Å². The van der Waals surface area contributed by atoms with E-state index < -0.39 is 0 Å². The minimum atomic E-state index is -0.0706. The molecule has 122 valence electrons. The summed E-state index contributed by atoms with van der Waals surface area (Å²) < 4.78 is 5.76. The first-order valence-corrected chi connectivity index (χ1v) is 7.83. The molecule has 3 N–H and O–H groups in total. The van der Waals surface area contributed by atoms with Crippen molar-refractivity contribution >= 4 is 22.7 Å². The zero-order chi connectivity index (χ0) is 16.5. The molecule has 1 saturated heterocycles. The second-order valence-electron chi connectivity index (χ2n) is 5.72. The summed E-state index contributed by atoms with van der Waals surface area (Å²) in [6.45, 7) is 2.98. The van der Waals surface area contributed by atoms with Crippen molar-refractivity contribution in [2.45, 2.75) is 0 Å². The van der Waals surface area contributed by atoms with Gasteiger partial charge in [0.25, 0.3) is 5.91 Å². The number of hydrogen-bond acceptors (Lipinski definition) is 6. The predicted molar refractivity (Wildman–Crippen MR) is 90.4 cm³/mol. The van der Waals surface area contributed by atoms with Crippen LogP contribution in [0.15, 0.2) is 40.9 Å². The summed E-state index contributed by atoms with van der Waals surface area (Å²) >= 11 is 0. The van der Waals surface area contributed by atoms with Crippen LogP contribution in [0.25, 0.3) is 22.6 Å². The van der Waals surface area contributed by atoms with Gasteiger partial charge in [0.05, 0.1) is 0 Å². The number of piperazine rings is 1. The molecular weight excluding hydrogens is 306 g/mol. The van der Waals surface area contributed by atoms with Crippen LogP contribution in [0.4, 0.5) is 5.69 Å². The SMILES string of the molecule is Nc1ccc2oc(-c3ccnc(C(=O)N4CCNCC4)c3)nc2c1. The van der Waals surface area contributed by atoms with Gasteiger partial charge >= 0.3 is 0 Å². The molecule has 0 atom stereocenters. The van der Waals surface area contributed by atoms with Gasteiger partial charge in [0, 0.05) is 43.6 Å². The van der Waals surface area contributed by atoms with Gasteiger partial charge in [-0.05, 0) is 30.3 Å². The zero-order valence-electron chi connectivity index (χ0n) is 13.0. The molecule has 7 heteroatoms. The first-order valence-electron chi connectivity index (χ1n) is 7.83. The van der Waals surface area contributed by atoms with Crippen LogP contribution in [0, 0.1) is 0 Å². The van der Waals surface area contributed by atoms with Gasteiger partial charge in [-0.1, -0.05) is 0 Å². The lowest BCUT2D eigenvalue weighted by Crippen LogP contribution is -2.46. The number of aromatic nitrogens is 2. The summed E-state index contributed by atoms with van der Waals surface area (Å²) in [6, 6.07) is 8.82. The van der Waals surface area contributed by atoms with Crippen LogP contribution in [-0.4, -0.2) is 47.0 Å². The number of amides is 1. The average molecular weight is 323 g/mol. The minimum Gasteiger partial charge on any atom is -0.436 e. The molecule has 0 spiro atoms. The van der Waals surface area contributed by atoms with E-state index in [1.54, 1.807) is 41.4 Å². The molecule has 0 saturated carbocycles. The van der Waals surface area contributed by atoms with Gasteiger partial charge < -0.3 is 20.4 Å². The number of benzene rings is 1. The molecule has 3 aromatic rings. The van der Waals surface area contributed by atoms with Crippen molar-refractivity contribution < 1.29 is 9.21 Å². The first kappa shape index (κ1) is 14.6. The van der Waals surface area contributed by atoms with E-state index in [1.807, 2.05) is 0 Å². The van der Waals surface area contributed by atoms with Crippen molar-refractivity contribution in [2.24, 2.45) is 0 Å². The molecule has 0 unspecified atom stereocenters. The highest BCUT2D eigenvalue weighted by molar-refractivity contribution is 5.93. The van der Waals surface area contributed by atoms with E-state index in [0.717, 1.165) is 18.7 Å². The minimum absolute atomic E-state index is 0.0706. The molecule has 0 radical (unpaired) electrons. The van der Waals surface area contributed by atoms with E-state index in [1.165, 1.54) is 0 Å². The largest absolute Gasteiger partial charge is 0.436 e. The number of oxazole rings is 1. The normalized spacial score (nSPS) is 14.9. The van der Waals surface area contributed by atoms with E-state index >= 15 is 0 Å². The van der Waals surface area contributed by atoms with Gasteiger partial charge in [-0.3, -0.25) is 9.78 Å². The summed E-state index contributed by atoms with van der Waals surface area (Å²) in [7, 11) is 0. The summed E-state index contributed by atoms with van der Waals surface area (Å²) in [5.41, 5.74) is 8.87. The quantitative estimate of drug-likeness (QED) is 0.694. The van der Waals surface area contributed by atoms with Gasteiger partial charge in [-0.15, -0.1) is 0 Å². The zero-order valence-corrected chi connectivity index (χ0v) is 13.0. The van der Waals surface area contributed by atoms with Gasteiger partial charge in [-0.2, -0.15) is 0 Å². The molecular formula is C17H17N5O2. The smallest absolute Gasteiger partial charge is 0.272 e. The number of nitrogens with two attached hydrogens (primary N) is 1. The Morgan fingerprint density at radius 2 is 2.04 bits per heavy atom. The molecule has 1 amide bonds. The lowest BCUT2D eigenvalue weighted by Gasteiger charge is -2.27. The van der Waals surface area contributed by atoms with Gasteiger partial charge in [0.2, 0.25) is 5.89 Å². The molecule has 1 fully saturated rings. The fourth-order valence-corrected chi connectivity index (χ4v) is 2.78. The Balaban J connectivity index is 1.67. The number of carbonyl (C=O) groups is 1. The molecule has 0 aliphatic carbocycles. The highest BCUT2D eigenvalue weighted by atomic mass is 16.3. The number of carbonyl (C=O) groups excluding carboxylic acids is 1. The van der Waals surface area contributed by atoms with Crippen molar-refractivity contribution in [3.8, 4) is 11.5 Å². The predicted octanol–water partition coefficient (Wildman–Crippen LogP) is 1.52. The molecule has 24 heavy (non-hydrogen) atoms. The van der Waals surface area contributed by atoms with Crippen LogP contribution in [-0.2, 0) is 0 Å². The maximum absolute atomic E-state index is 12.6. The Labute approximate surface area is 138 Å². The summed E-state index contributed by atoms with van der Waals surface area (Å²) in [4.78, 5) is 23.0. The lowest BCUT2D eigenvalue weighted by atomic mass is 10.2. The fraction of sp³-hybridized carbons (Fsp3) is 0.235. The van der Waals surface area contributed by atoms with E-state index in [9.17, 15) is 4.79 Å². The van der Waals surface area contributed by atoms with E-state index in [4.69, 9.17) is 10.2 Å². The average Bonchev–Trinajstić information content (AvgIpc) is 3.05. The Bertz CT molecular complexity index is 899. The van der Waals surface area contributed by atoms with Gasteiger partial charge in [0.1, 0.15) is 11.2 Å². The molecule has 7 nitrogen and oxygen atoms in total. The molecule has 1 aliphatic rings. The van der Waals surface area contributed by atoms with Crippen LogP contribution in [0.5, 0.6) is 0 Å². The number of nitrogens with zero attached hydrogens (tertiary/aromatic N) is 3. The van der Waals surface area contributed by atoms with Crippen molar-refractivity contribution in [3.05, 3.63) is 42.2 Å². The van der Waals surface area contributed by atoms with E-state index in [-0.39, 0.29) is 5.91 Å². The van der Waals surface area contributed by atoms with Crippen LogP contribution >= 0.6 is 0 Å². The van der Waals surface area contributed by atoms with Crippen molar-refractivity contribution in [2.75, 3.05) is 31.9 Å². The molecule has 2 aromatic heterocycles. The highest BCUT2D eigenvalue weighted by Gasteiger charge is 2.20. The highest BCUT2D eigenvalue weighted by Crippen LogP contribution is 2.25. The standard InChI is InChI=1S/C17H17N5O2/c18-12-1-2-15-13(10-12)21-16(24-15)11-3-4-20-14(9-11)17(23)22-7-5-19-6-8-22/h1-4,9-10,19H,5-8,18H2. The molecule has 0 bridgehead atoms. The Morgan fingerprint density at radius 3 is 2.88 bits per heavy atom. The number of hydrogen-bond donors (Lipinski definition) is 2. The lowest BCUT2D eigenvalue weighted by molar-refractivity contribution is 0.0730. The maximum atomic E-state index is 12.6. The third-order valence-corrected chi connectivity index (χ3v) is 4.04. The van der Waals surface area contributed by atoms with Crippen molar-refractivity contribution in [1.29, 1.82) is 0 Å². The van der Waals surface area contributed by atoms with Crippen LogP contribution in [0.3, 0.4) is 0 Å². The number of pyridine rings is 1. The summed E-state index contributed by atoms with van der Waals surface area (Å²) in [5, 5.41) is 3.23.